The van der Waals surface area contributed by atoms with Crippen molar-refractivity contribution >= 4 is 11.7 Å². The quantitative estimate of drug-likeness (QED) is 0.633. The molecule has 0 N–H and O–H groups in total. The molecule has 78 valence electrons. The van der Waals surface area contributed by atoms with Gasteiger partial charge in [-0.05, 0) is 45.8 Å². The molecule has 3 heteroatoms. The van der Waals surface area contributed by atoms with E-state index in [1.54, 1.807) is 13.8 Å². The summed E-state index contributed by atoms with van der Waals surface area (Å²) in [7, 11) is 0. The molecule has 0 aromatic heterocycles. The molecule has 1 aliphatic heterocycles. The van der Waals surface area contributed by atoms with E-state index in [0.29, 0.717) is 6.61 Å². The van der Waals surface area contributed by atoms with Gasteiger partial charge in [0.2, 0.25) is 0 Å². The van der Waals surface area contributed by atoms with Crippen LogP contribution in [0.1, 0.15) is 34.6 Å². The van der Waals surface area contributed by atoms with Gasteiger partial charge in [0.25, 0.3) is 0 Å². The Kier molecular flexibility index (Phi) is 2.79. The van der Waals surface area contributed by atoms with Crippen LogP contribution in [0.2, 0.25) is 0 Å². The van der Waals surface area contributed by atoms with Crippen LogP contribution in [0.25, 0.3) is 0 Å². The maximum Gasteiger partial charge on any atom is 0.338 e. The molecular formula is C11H17NO2. The predicted molar refractivity (Wildman–Crippen MR) is 56.5 cm³/mol. The number of aliphatic imine (C=N–C) groups is 1. The molecule has 1 rings (SSSR count). The van der Waals surface area contributed by atoms with Crippen molar-refractivity contribution in [2.75, 3.05) is 6.61 Å². The fourth-order valence-electron chi connectivity index (χ4n) is 1.61. The standard InChI is InChI=1S/C11H17NO2/c1-6-14-10(13)11(5)8(3)7(2)9(4)12-11/h6H2,1-5H3. The van der Waals surface area contributed by atoms with E-state index in [-0.39, 0.29) is 5.97 Å². The summed E-state index contributed by atoms with van der Waals surface area (Å²) in [4.78, 5) is 16.1. The van der Waals surface area contributed by atoms with E-state index < -0.39 is 5.54 Å². The monoisotopic (exact) mass is 195 g/mol. The van der Waals surface area contributed by atoms with Crippen LogP contribution in [0.4, 0.5) is 0 Å². The topological polar surface area (TPSA) is 38.7 Å². The van der Waals surface area contributed by atoms with E-state index in [4.69, 9.17) is 4.74 Å². The van der Waals surface area contributed by atoms with Gasteiger partial charge in [-0.1, -0.05) is 0 Å². The molecule has 0 bridgehead atoms. The normalized spacial score (nSPS) is 26.5. The number of ether oxygens (including phenoxy) is 1. The van der Waals surface area contributed by atoms with Gasteiger partial charge in [0.15, 0.2) is 5.54 Å². The summed E-state index contributed by atoms with van der Waals surface area (Å²) in [6, 6.07) is 0. The van der Waals surface area contributed by atoms with Crippen LogP contribution in [0, 0.1) is 0 Å². The van der Waals surface area contributed by atoms with E-state index >= 15 is 0 Å². The zero-order valence-electron chi connectivity index (χ0n) is 9.47. The van der Waals surface area contributed by atoms with E-state index in [1.807, 2.05) is 20.8 Å². The van der Waals surface area contributed by atoms with Gasteiger partial charge in [0.05, 0.1) is 6.61 Å². The summed E-state index contributed by atoms with van der Waals surface area (Å²) in [5.41, 5.74) is 2.23. The lowest BCUT2D eigenvalue weighted by Gasteiger charge is -2.20. The fourth-order valence-corrected chi connectivity index (χ4v) is 1.61. The Bertz CT molecular complexity index is 328. The first-order chi connectivity index (χ1) is 6.43. The van der Waals surface area contributed by atoms with Crippen LogP contribution in [-0.2, 0) is 9.53 Å². The number of allylic oxidation sites excluding steroid dienone is 1. The number of rotatable bonds is 2. The molecular weight excluding hydrogens is 178 g/mol. The van der Waals surface area contributed by atoms with Gasteiger partial charge >= 0.3 is 5.97 Å². The number of carbonyl (C=O) groups is 1. The van der Waals surface area contributed by atoms with Crippen molar-refractivity contribution in [3.8, 4) is 0 Å². The van der Waals surface area contributed by atoms with Crippen LogP contribution in [0.5, 0.6) is 0 Å². The summed E-state index contributed by atoms with van der Waals surface area (Å²) < 4.78 is 5.02. The third-order valence-corrected chi connectivity index (χ3v) is 2.90. The van der Waals surface area contributed by atoms with Crippen molar-refractivity contribution in [1.82, 2.24) is 0 Å². The predicted octanol–water partition coefficient (Wildman–Crippen LogP) is 2.12. The summed E-state index contributed by atoms with van der Waals surface area (Å²) in [5.74, 6) is -0.256. The van der Waals surface area contributed by atoms with Gasteiger partial charge in [0.1, 0.15) is 0 Å². The molecule has 0 radical (unpaired) electrons. The third-order valence-electron chi connectivity index (χ3n) is 2.90. The van der Waals surface area contributed by atoms with Crippen molar-refractivity contribution in [2.45, 2.75) is 40.2 Å². The average Bonchev–Trinajstić information content (AvgIpc) is 2.32. The number of hydrogen-bond acceptors (Lipinski definition) is 3. The summed E-state index contributed by atoms with van der Waals surface area (Å²) in [6.45, 7) is 9.85. The lowest BCUT2D eigenvalue weighted by atomic mass is 9.93. The number of esters is 1. The zero-order chi connectivity index (χ0) is 10.9. The van der Waals surface area contributed by atoms with Crippen molar-refractivity contribution in [2.24, 2.45) is 4.99 Å². The first-order valence-electron chi connectivity index (χ1n) is 4.85. The molecule has 1 heterocycles. The Morgan fingerprint density at radius 1 is 1.43 bits per heavy atom. The second-order valence-corrected chi connectivity index (χ2v) is 3.74. The maximum absolute atomic E-state index is 11.7. The maximum atomic E-state index is 11.7. The Balaban J connectivity index is 3.04. The fraction of sp³-hybridized carbons (Fsp3) is 0.636. The van der Waals surface area contributed by atoms with Crippen LogP contribution in [-0.4, -0.2) is 23.8 Å². The largest absolute Gasteiger partial charge is 0.464 e. The molecule has 0 amide bonds. The molecule has 0 aliphatic carbocycles. The summed E-state index contributed by atoms with van der Waals surface area (Å²) in [6.07, 6.45) is 0. The summed E-state index contributed by atoms with van der Waals surface area (Å²) >= 11 is 0. The molecule has 0 spiro atoms. The number of nitrogens with zero attached hydrogens (tertiary/aromatic N) is 1. The molecule has 0 aromatic rings. The van der Waals surface area contributed by atoms with E-state index in [0.717, 1.165) is 16.9 Å². The van der Waals surface area contributed by atoms with E-state index in [9.17, 15) is 4.79 Å². The molecule has 1 atom stereocenters. The smallest absolute Gasteiger partial charge is 0.338 e. The lowest BCUT2D eigenvalue weighted by molar-refractivity contribution is -0.147. The molecule has 0 aromatic carbocycles. The Morgan fingerprint density at radius 2 is 2.00 bits per heavy atom. The van der Waals surface area contributed by atoms with Crippen molar-refractivity contribution in [3.05, 3.63) is 11.1 Å². The minimum atomic E-state index is -0.788. The SMILES string of the molecule is CCOC(=O)C1(C)N=C(C)C(C)=C1C. The van der Waals surface area contributed by atoms with Gasteiger partial charge < -0.3 is 4.74 Å². The molecule has 14 heavy (non-hydrogen) atoms. The lowest BCUT2D eigenvalue weighted by Crippen LogP contribution is -2.35. The highest BCUT2D eigenvalue weighted by Gasteiger charge is 2.41. The molecule has 1 unspecified atom stereocenters. The minimum absolute atomic E-state index is 0.256. The molecule has 0 saturated carbocycles. The Hall–Kier alpha value is -1.12. The summed E-state index contributed by atoms with van der Waals surface area (Å²) in [5, 5.41) is 0. The van der Waals surface area contributed by atoms with Gasteiger partial charge in [-0.2, -0.15) is 0 Å². The highest BCUT2D eigenvalue weighted by molar-refractivity contribution is 6.05. The minimum Gasteiger partial charge on any atom is -0.464 e. The first-order valence-corrected chi connectivity index (χ1v) is 4.85. The van der Waals surface area contributed by atoms with Gasteiger partial charge in [0, 0.05) is 5.71 Å². The highest BCUT2D eigenvalue weighted by atomic mass is 16.5. The molecule has 0 fully saturated rings. The van der Waals surface area contributed by atoms with Crippen molar-refractivity contribution in [1.29, 1.82) is 0 Å². The zero-order valence-corrected chi connectivity index (χ0v) is 9.47. The second kappa shape index (κ2) is 3.56. The molecule has 0 saturated heterocycles. The van der Waals surface area contributed by atoms with Crippen LogP contribution < -0.4 is 0 Å². The molecule has 3 nitrogen and oxygen atoms in total. The highest BCUT2D eigenvalue weighted by Crippen LogP contribution is 2.32. The Labute approximate surface area is 84.9 Å². The first kappa shape index (κ1) is 11.0. The van der Waals surface area contributed by atoms with Gasteiger partial charge in [-0.3, -0.25) is 4.99 Å². The van der Waals surface area contributed by atoms with Gasteiger partial charge in [-0.15, -0.1) is 0 Å². The van der Waals surface area contributed by atoms with Crippen LogP contribution in [0.15, 0.2) is 16.1 Å². The second-order valence-electron chi connectivity index (χ2n) is 3.74. The van der Waals surface area contributed by atoms with Crippen molar-refractivity contribution < 1.29 is 9.53 Å². The Morgan fingerprint density at radius 3 is 2.36 bits per heavy atom. The number of carbonyl (C=O) groups excluding carboxylic acids is 1. The molecule has 1 aliphatic rings. The third kappa shape index (κ3) is 1.47. The van der Waals surface area contributed by atoms with Crippen LogP contribution >= 0.6 is 0 Å². The number of hydrogen-bond donors (Lipinski definition) is 0. The van der Waals surface area contributed by atoms with E-state index in [2.05, 4.69) is 4.99 Å². The van der Waals surface area contributed by atoms with Crippen molar-refractivity contribution in [3.63, 3.8) is 0 Å². The van der Waals surface area contributed by atoms with E-state index in [1.165, 1.54) is 0 Å². The van der Waals surface area contributed by atoms with Gasteiger partial charge in [-0.25, -0.2) is 4.79 Å². The average molecular weight is 195 g/mol. The van der Waals surface area contributed by atoms with Crippen LogP contribution in [0.3, 0.4) is 0 Å².